The molecule has 1 heteroatoms. The van der Waals surface area contributed by atoms with Crippen LogP contribution in [0, 0.1) is 0 Å². The van der Waals surface area contributed by atoms with Crippen LogP contribution in [-0.4, -0.2) is 0 Å². The zero-order chi connectivity index (χ0) is 11.5. The lowest BCUT2D eigenvalue weighted by atomic mass is 9.83. The minimum absolute atomic E-state index is 0.0281. The van der Waals surface area contributed by atoms with E-state index in [0.717, 1.165) is 0 Å². The second-order valence-corrected chi connectivity index (χ2v) is 4.98. The van der Waals surface area contributed by atoms with Crippen LogP contribution in [-0.2, 0) is 5.41 Å². The summed E-state index contributed by atoms with van der Waals surface area (Å²) in [6, 6.07) is 17.2. The highest BCUT2D eigenvalue weighted by Crippen LogP contribution is 2.45. The van der Waals surface area contributed by atoms with Gasteiger partial charge in [-0.2, -0.15) is 0 Å². The van der Waals surface area contributed by atoms with Crippen molar-refractivity contribution in [3.63, 3.8) is 0 Å². The number of nitrogens with one attached hydrogen (secondary N) is 1. The SMILES string of the molecule is CC12C=c3ccccc3=C1Nc1ccccc12. The smallest absolute Gasteiger partial charge is 0.0540 e. The average Bonchev–Trinajstić information content (AvgIpc) is 2.79. The van der Waals surface area contributed by atoms with Crippen LogP contribution < -0.4 is 15.8 Å². The van der Waals surface area contributed by atoms with E-state index in [-0.39, 0.29) is 5.41 Å². The molecule has 0 amide bonds. The van der Waals surface area contributed by atoms with E-state index in [0.29, 0.717) is 0 Å². The largest absolute Gasteiger partial charge is 0.357 e. The molecule has 1 atom stereocenters. The van der Waals surface area contributed by atoms with Crippen molar-refractivity contribution in [2.75, 3.05) is 5.32 Å². The van der Waals surface area contributed by atoms with E-state index < -0.39 is 0 Å². The number of para-hydroxylation sites is 1. The maximum Gasteiger partial charge on any atom is 0.0540 e. The van der Waals surface area contributed by atoms with Gasteiger partial charge in [-0.25, -0.2) is 0 Å². The quantitative estimate of drug-likeness (QED) is 0.714. The summed E-state index contributed by atoms with van der Waals surface area (Å²) in [5, 5.41) is 6.26. The van der Waals surface area contributed by atoms with Crippen LogP contribution in [0.2, 0.25) is 0 Å². The summed E-state index contributed by atoms with van der Waals surface area (Å²) in [4.78, 5) is 0. The lowest BCUT2D eigenvalue weighted by Crippen LogP contribution is -2.24. The van der Waals surface area contributed by atoms with Crippen LogP contribution in [0.15, 0.2) is 48.5 Å². The molecule has 1 N–H and O–H groups in total. The first-order valence-corrected chi connectivity index (χ1v) is 5.98. The van der Waals surface area contributed by atoms with Crippen molar-refractivity contribution in [1.82, 2.24) is 0 Å². The van der Waals surface area contributed by atoms with Gasteiger partial charge in [0.2, 0.25) is 0 Å². The van der Waals surface area contributed by atoms with Crippen molar-refractivity contribution in [3.8, 4) is 0 Å². The van der Waals surface area contributed by atoms with E-state index in [4.69, 9.17) is 0 Å². The Bertz CT molecular complexity index is 742. The second-order valence-electron chi connectivity index (χ2n) is 4.98. The Hall–Kier alpha value is -2.02. The number of benzene rings is 2. The summed E-state index contributed by atoms with van der Waals surface area (Å²) in [5.74, 6) is 0. The van der Waals surface area contributed by atoms with Crippen molar-refractivity contribution >= 4 is 17.5 Å². The molecule has 0 aromatic heterocycles. The molecule has 1 unspecified atom stereocenters. The summed E-state index contributed by atoms with van der Waals surface area (Å²) < 4.78 is 0. The molecule has 82 valence electrons. The van der Waals surface area contributed by atoms with Crippen LogP contribution in [0.1, 0.15) is 12.5 Å². The fraction of sp³-hybridized carbons (Fsp3) is 0.125. The van der Waals surface area contributed by atoms with Gasteiger partial charge in [-0.15, -0.1) is 0 Å². The highest BCUT2D eigenvalue weighted by atomic mass is 15.0. The van der Waals surface area contributed by atoms with E-state index in [2.05, 4.69) is 66.8 Å². The minimum Gasteiger partial charge on any atom is -0.357 e. The van der Waals surface area contributed by atoms with E-state index in [1.54, 1.807) is 0 Å². The van der Waals surface area contributed by atoms with Crippen molar-refractivity contribution in [2.24, 2.45) is 0 Å². The van der Waals surface area contributed by atoms with Gasteiger partial charge in [-0.3, -0.25) is 0 Å². The molecule has 0 saturated heterocycles. The Kier molecular flexibility index (Phi) is 1.49. The van der Waals surface area contributed by atoms with Gasteiger partial charge in [0.05, 0.1) is 5.41 Å². The lowest BCUT2D eigenvalue weighted by Gasteiger charge is -2.18. The van der Waals surface area contributed by atoms with Crippen LogP contribution in [0.5, 0.6) is 0 Å². The predicted octanol–water partition coefficient (Wildman–Crippen LogP) is 1.97. The first-order chi connectivity index (χ1) is 8.29. The number of rotatable bonds is 0. The van der Waals surface area contributed by atoms with Gasteiger partial charge in [-0.1, -0.05) is 48.5 Å². The molecule has 0 bridgehead atoms. The van der Waals surface area contributed by atoms with Crippen LogP contribution in [0.25, 0.3) is 11.8 Å². The number of hydrogen-bond acceptors (Lipinski definition) is 1. The number of fused-ring (bicyclic) bond motifs is 4. The molecule has 4 rings (SSSR count). The van der Waals surface area contributed by atoms with Crippen LogP contribution in [0.3, 0.4) is 0 Å². The number of hydrogen-bond donors (Lipinski definition) is 1. The maximum absolute atomic E-state index is 3.58. The van der Waals surface area contributed by atoms with Crippen LogP contribution >= 0.6 is 0 Å². The van der Waals surface area contributed by atoms with Crippen molar-refractivity contribution < 1.29 is 0 Å². The van der Waals surface area contributed by atoms with Gasteiger partial charge >= 0.3 is 0 Å². The molecule has 1 heterocycles. The molecule has 1 nitrogen and oxygen atoms in total. The van der Waals surface area contributed by atoms with Gasteiger partial charge in [0.25, 0.3) is 0 Å². The molecule has 2 aromatic carbocycles. The molecule has 1 aliphatic heterocycles. The monoisotopic (exact) mass is 219 g/mol. The molecule has 1 aliphatic carbocycles. The zero-order valence-electron chi connectivity index (χ0n) is 9.70. The highest BCUT2D eigenvalue weighted by molar-refractivity contribution is 5.91. The van der Waals surface area contributed by atoms with Crippen molar-refractivity contribution in [1.29, 1.82) is 0 Å². The summed E-state index contributed by atoms with van der Waals surface area (Å²) in [6.07, 6.45) is 2.37. The Labute approximate surface area is 100 Å². The fourth-order valence-electron chi connectivity index (χ4n) is 3.10. The first-order valence-electron chi connectivity index (χ1n) is 5.98. The van der Waals surface area contributed by atoms with Gasteiger partial charge in [0.1, 0.15) is 0 Å². The number of anilines is 1. The molecule has 2 aromatic rings. The third-order valence-corrected chi connectivity index (χ3v) is 3.94. The van der Waals surface area contributed by atoms with E-state index in [1.807, 2.05) is 0 Å². The molecule has 17 heavy (non-hydrogen) atoms. The van der Waals surface area contributed by atoms with Crippen molar-refractivity contribution in [3.05, 3.63) is 64.5 Å². The predicted molar refractivity (Wildman–Crippen MR) is 71.0 cm³/mol. The summed E-state index contributed by atoms with van der Waals surface area (Å²) >= 11 is 0. The minimum atomic E-state index is 0.0281. The Balaban J connectivity index is 2.14. The van der Waals surface area contributed by atoms with Crippen molar-refractivity contribution in [2.45, 2.75) is 12.3 Å². The topological polar surface area (TPSA) is 12.0 Å². The Morgan fingerprint density at radius 3 is 2.65 bits per heavy atom. The summed E-state index contributed by atoms with van der Waals surface area (Å²) in [7, 11) is 0. The van der Waals surface area contributed by atoms with E-state index in [1.165, 1.54) is 27.4 Å². The molecule has 0 saturated carbocycles. The molecular formula is C16H13N. The maximum atomic E-state index is 3.58. The Morgan fingerprint density at radius 1 is 0.941 bits per heavy atom. The van der Waals surface area contributed by atoms with Gasteiger partial charge in [-0.05, 0) is 23.8 Å². The lowest BCUT2D eigenvalue weighted by molar-refractivity contribution is 0.861. The average molecular weight is 219 g/mol. The highest BCUT2D eigenvalue weighted by Gasteiger charge is 2.39. The standard InChI is InChI=1S/C16H13N/c1-16-10-11-6-2-3-7-12(11)15(16)17-14-9-5-4-8-13(14)16/h2-10,17H,1H3. The molecular weight excluding hydrogens is 206 g/mol. The van der Waals surface area contributed by atoms with Crippen LogP contribution in [0.4, 0.5) is 5.69 Å². The van der Waals surface area contributed by atoms with Gasteiger partial charge in [0.15, 0.2) is 0 Å². The van der Waals surface area contributed by atoms with Gasteiger partial charge in [0, 0.05) is 16.6 Å². The Morgan fingerprint density at radius 2 is 1.71 bits per heavy atom. The molecule has 0 fully saturated rings. The first kappa shape index (κ1) is 9.06. The van der Waals surface area contributed by atoms with E-state index >= 15 is 0 Å². The fourth-order valence-corrected chi connectivity index (χ4v) is 3.10. The normalized spacial score (nSPS) is 23.5. The van der Waals surface area contributed by atoms with Gasteiger partial charge < -0.3 is 5.32 Å². The molecule has 0 radical (unpaired) electrons. The second kappa shape index (κ2) is 2.80. The third kappa shape index (κ3) is 0.992. The summed E-state index contributed by atoms with van der Waals surface area (Å²) in [6.45, 7) is 2.29. The van der Waals surface area contributed by atoms with E-state index in [9.17, 15) is 0 Å². The summed E-state index contributed by atoms with van der Waals surface area (Å²) in [5.41, 5.74) is 3.98. The zero-order valence-corrected chi connectivity index (χ0v) is 9.70. The molecule has 0 spiro atoms. The third-order valence-electron chi connectivity index (χ3n) is 3.94. The molecule has 2 aliphatic rings.